The largest absolute Gasteiger partial charge is 0.508 e. The first-order chi connectivity index (χ1) is 6.16. The van der Waals surface area contributed by atoms with E-state index < -0.39 is 6.16 Å². The molecule has 0 spiro atoms. The Labute approximate surface area is 77.6 Å². The summed E-state index contributed by atoms with van der Waals surface area (Å²) in [4.78, 5) is 10.7. The van der Waals surface area contributed by atoms with Gasteiger partial charge in [-0.15, -0.1) is 0 Å². The van der Waals surface area contributed by atoms with Crippen molar-refractivity contribution in [3.8, 4) is 0 Å². The standard InChI is InChI=1S/C8H16O5/c1-7(2)13-8(10)12-6-5-11-4-3-9/h7,9H,3-6H2,1-2H3. The van der Waals surface area contributed by atoms with Gasteiger partial charge >= 0.3 is 6.16 Å². The fraction of sp³-hybridized carbons (Fsp3) is 0.875. The second-order valence-corrected chi connectivity index (χ2v) is 2.60. The second-order valence-electron chi connectivity index (χ2n) is 2.60. The number of hydrogen-bond acceptors (Lipinski definition) is 5. The highest BCUT2D eigenvalue weighted by Gasteiger charge is 2.05. The lowest BCUT2D eigenvalue weighted by atomic mass is 10.5. The topological polar surface area (TPSA) is 65.0 Å². The van der Waals surface area contributed by atoms with Gasteiger partial charge in [-0.1, -0.05) is 0 Å². The summed E-state index contributed by atoms with van der Waals surface area (Å²) < 4.78 is 14.2. The van der Waals surface area contributed by atoms with Crippen molar-refractivity contribution >= 4 is 6.16 Å². The van der Waals surface area contributed by atoms with Crippen LogP contribution in [0.4, 0.5) is 4.79 Å². The number of aliphatic hydroxyl groups is 1. The fourth-order valence-corrected chi connectivity index (χ4v) is 0.577. The zero-order valence-electron chi connectivity index (χ0n) is 7.99. The van der Waals surface area contributed by atoms with Gasteiger partial charge in [-0.2, -0.15) is 0 Å². The Morgan fingerprint density at radius 3 is 2.54 bits per heavy atom. The molecule has 0 aromatic carbocycles. The van der Waals surface area contributed by atoms with Crippen molar-refractivity contribution in [3.63, 3.8) is 0 Å². The molecule has 5 nitrogen and oxygen atoms in total. The smallest absolute Gasteiger partial charge is 0.432 e. The first kappa shape index (κ1) is 12.2. The quantitative estimate of drug-likeness (QED) is 0.492. The molecule has 0 radical (unpaired) electrons. The van der Waals surface area contributed by atoms with Crippen LogP contribution in [0.25, 0.3) is 0 Å². The van der Waals surface area contributed by atoms with Gasteiger partial charge in [0.1, 0.15) is 6.61 Å². The van der Waals surface area contributed by atoms with Gasteiger partial charge in [0.2, 0.25) is 0 Å². The fourth-order valence-electron chi connectivity index (χ4n) is 0.577. The van der Waals surface area contributed by atoms with E-state index in [0.29, 0.717) is 0 Å². The van der Waals surface area contributed by atoms with E-state index in [1.807, 2.05) is 0 Å². The highest BCUT2D eigenvalue weighted by Crippen LogP contribution is 1.92. The predicted molar refractivity (Wildman–Crippen MR) is 45.5 cm³/mol. The summed E-state index contributed by atoms with van der Waals surface area (Å²) in [5.74, 6) is 0. The first-order valence-corrected chi connectivity index (χ1v) is 4.19. The molecule has 0 aliphatic heterocycles. The number of carbonyl (C=O) groups is 1. The molecule has 1 N–H and O–H groups in total. The van der Waals surface area contributed by atoms with E-state index in [1.165, 1.54) is 0 Å². The maximum Gasteiger partial charge on any atom is 0.508 e. The average Bonchev–Trinajstić information content (AvgIpc) is 2.02. The molecule has 0 rings (SSSR count). The highest BCUT2D eigenvalue weighted by molar-refractivity contribution is 5.59. The van der Waals surface area contributed by atoms with Crippen LogP contribution in [0.15, 0.2) is 0 Å². The van der Waals surface area contributed by atoms with Crippen molar-refractivity contribution in [2.24, 2.45) is 0 Å². The molecule has 0 atom stereocenters. The zero-order chi connectivity index (χ0) is 10.1. The van der Waals surface area contributed by atoms with Crippen LogP contribution in [0.1, 0.15) is 13.8 Å². The number of hydrogen-bond donors (Lipinski definition) is 1. The van der Waals surface area contributed by atoms with Crippen LogP contribution >= 0.6 is 0 Å². The van der Waals surface area contributed by atoms with Crippen LogP contribution in [0.5, 0.6) is 0 Å². The molecule has 5 heteroatoms. The number of rotatable bonds is 6. The third-order valence-corrected chi connectivity index (χ3v) is 1.02. The molecule has 0 heterocycles. The molecule has 0 aliphatic rings. The molecule has 0 saturated heterocycles. The van der Waals surface area contributed by atoms with Gasteiger partial charge in [-0.05, 0) is 13.8 Å². The molecule has 0 aromatic rings. The van der Waals surface area contributed by atoms with E-state index >= 15 is 0 Å². The van der Waals surface area contributed by atoms with Gasteiger partial charge in [0.15, 0.2) is 0 Å². The van der Waals surface area contributed by atoms with Gasteiger partial charge < -0.3 is 19.3 Å². The van der Waals surface area contributed by atoms with Gasteiger partial charge in [0, 0.05) is 0 Å². The maximum atomic E-state index is 10.7. The number of aliphatic hydroxyl groups excluding tert-OH is 1. The van der Waals surface area contributed by atoms with Crippen molar-refractivity contribution in [1.29, 1.82) is 0 Å². The molecule has 0 unspecified atom stereocenters. The van der Waals surface area contributed by atoms with E-state index in [2.05, 4.69) is 4.74 Å². The van der Waals surface area contributed by atoms with E-state index in [4.69, 9.17) is 14.6 Å². The lowest BCUT2D eigenvalue weighted by Gasteiger charge is -2.08. The minimum atomic E-state index is -0.692. The zero-order valence-corrected chi connectivity index (χ0v) is 7.99. The van der Waals surface area contributed by atoms with Gasteiger partial charge in [-0.25, -0.2) is 4.79 Å². The Hall–Kier alpha value is -0.810. The van der Waals surface area contributed by atoms with Crippen molar-refractivity contribution in [2.75, 3.05) is 26.4 Å². The van der Waals surface area contributed by atoms with Crippen LogP contribution in [0, 0.1) is 0 Å². The van der Waals surface area contributed by atoms with Crippen LogP contribution in [-0.4, -0.2) is 43.8 Å². The minimum absolute atomic E-state index is 0.0313. The monoisotopic (exact) mass is 192 g/mol. The summed E-state index contributed by atoms with van der Waals surface area (Å²) in [6, 6.07) is 0. The van der Waals surface area contributed by atoms with Crippen LogP contribution < -0.4 is 0 Å². The Kier molecular flexibility index (Phi) is 7.33. The normalized spacial score (nSPS) is 10.2. The number of carbonyl (C=O) groups excluding carboxylic acids is 1. The van der Waals surface area contributed by atoms with Gasteiger partial charge in [-0.3, -0.25) is 0 Å². The van der Waals surface area contributed by atoms with E-state index in [9.17, 15) is 4.79 Å². The minimum Gasteiger partial charge on any atom is -0.432 e. The molecule has 0 saturated carbocycles. The molecule has 0 aromatic heterocycles. The SMILES string of the molecule is CC(C)OC(=O)OCCOCCO. The molecule has 0 amide bonds. The Morgan fingerprint density at radius 2 is 2.00 bits per heavy atom. The molecule has 13 heavy (non-hydrogen) atoms. The summed E-state index contributed by atoms with van der Waals surface area (Å²) in [5, 5.41) is 8.34. The first-order valence-electron chi connectivity index (χ1n) is 4.19. The summed E-state index contributed by atoms with van der Waals surface area (Å²) in [6.07, 6.45) is -0.867. The highest BCUT2D eigenvalue weighted by atomic mass is 16.7. The van der Waals surface area contributed by atoms with Gasteiger partial charge in [0.05, 0.1) is 25.9 Å². The summed E-state index contributed by atoms with van der Waals surface area (Å²) in [7, 11) is 0. The Bertz CT molecular complexity index is 134. The molecule has 0 fully saturated rings. The molecule has 78 valence electrons. The summed E-state index contributed by atoms with van der Waals surface area (Å²) in [6.45, 7) is 4.12. The van der Waals surface area contributed by atoms with Crippen LogP contribution in [0.3, 0.4) is 0 Å². The van der Waals surface area contributed by atoms with E-state index in [1.54, 1.807) is 13.8 Å². The molecule has 0 aliphatic carbocycles. The average molecular weight is 192 g/mol. The molecular formula is C8H16O5. The lowest BCUT2D eigenvalue weighted by molar-refractivity contribution is 0.00850. The van der Waals surface area contributed by atoms with Crippen molar-refractivity contribution < 1.29 is 24.1 Å². The molecule has 0 bridgehead atoms. The van der Waals surface area contributed by atoms with Crippen LogP contribution in [-0.2, 0) is 14.2 Å². The summed E-state index contributed by atoms with van der Waals surface area (Å²) >= 11 is 0. The van der Waals surface area contributed by atoms with Crippen molar-refractivity contribution in [3.05, 3.63) is 0 Å². The second kappa shape index (κ2) is 7.82. The lowest BCUT2D eigenvalue weighted by Crippen LogP contribution is -2.16. The van der Waals surface area contributed by atoms with Crippen molar-refractivity contribution in [1.82, 2.24) is 0 Å². The Morgan fingerprint density at radius 1 is 1.31 bits per heavy atom. The van der Waals surface area contributed by atoms with E-state index in [-0.39, 0.29) is 32.5 Å². The molecular weight excluding hydrogens is 176 g/mol. The van der Waals surface area contributed by atoms with E-state index in [0.717, 1.165) is 0 Å². The maximum absolute atomic E-state index is 10.7. The number of ether oxygens (including phenoxy) is 3. The summed E-state index contributed by atoms with van der Waals surface area (Å²) in [5.41, 5.74) is 0. The third-order valence-electron chi connectivity index (χ3n) is 1.02. The van der Waals surface area contributed by atoms with Gasteiger partial charge in [0.25, 0.3) is 0 Å². The van der Waals surface area contributed by atoms with Crippen molar-refractivity contribution in [2.45, 2.75) is 20.0 Å². The Balaban J connectivity index is 3.17. The van der Waals surface area contributed by atoms with Crippen LogP contribution in [0.2, 0.25) is 0 Å². The third kappa shape index (κ3) is 9.10. The predicted octanol–water partition coefficient (Wildman–Crippen LogP) is 0.557.